The predicted octanol–water partition coefficient (Wildman–Crippen LogP) is -0.447. The molecule has 0 aliphatic carbocycles. The molecule has 0 radical (unpaired) electrons. The molecular weight excluding hydrogens is 230 g/mol. The molecule has 0 bridgehead atoms. The lowest BCUT2D eigenvalue weighted by atomic mass is 10.1. The second kappa shape index (κ2) is 5.26. The lowest BCUT2D eigenvalue weighted by Gasteiger charge is -2.10. The van der Waals surface area contributed by atoms with Crippen molar-refractivity contribution in [1.82, 2.24) is 5.32 Å². The number of hydrogen-bond donors (Lipinski definition) is 3. The third-order valence-electron chi connectivity index (χ3n) is 2.13. The van der Waals surface area contributed by atoms with Gasteiger partial charge in [0.15, 0.2) is 0 Å². The van der Waals surface area contributed by atoms with Gasteiger partial charge in [0, 0.05) is 6.07 Å². The van der Waals surface area contributed by atoms with Crippen LogP contribution >= 0.6 is 0 Å². The van der Waals surface area contributed by atoms with Crippen molar-refractivity contribution in [3.8, 4) is 0 Å². The van der Waals surface area contributed by atoms with Crippen molar-refractivity contribution in [2.75, 3.05) is 7.05 Å². The van der Waals surface area contributed by atoms with E-state index in [4.69, 9.17) is 10.2 Å². The Hall–Kier alpha value is -2.15. The van der Waals surface area contributed by atoms with E-state index >= 15 is 0 Å². The van der Waals surface area contributed by atoms with E-state index in [1.807, 2.05) is 0 Å². The standard InChI is InChI=1S/C10H11NO6/c1-11-6(9(13)14)2-5-3-7(10(15)16)17-8(12)4-5/h3-4,6,11H,2H2,1H3,(H,13,14)(H,15,16). The van der Waals surface area contributed by atoms with E-state index in [1.54, 1.807) is 0 Å². The summed E-state index contributed by atoms with van der Waals surface area (Å²) in [5.41, 5.74) is -0.527. The highest BCUT2D eigenvalue weighted by molar-refractivity contribution is 5.84. The Balaban J connectivity index is 3.02. The van der Waals surface area contributed by atoms with Crippen molar-refractivity contribution < 1.29 is 24.2 Å². The number of carboxylic acid groups (broad SMARTS) is 2. The Kier molecular flexibility index (Phi) is 4.00. The summed E-state index contributed by atoms with van der Waals surface area (Å²) in [6.07, 6.45) is -0.00227. The maximum atomic E-state index is 11.1. The summed E-state index contributed by atoms with van der Waals surface area (Å²) in [6.45, 7) is 0. The lowest BCUT2D eigenvalue weighted by Crippen LogP contribution is -2.36. The fourth-order valence-corrected chi connectivity index (χ4v) is 1.30. The molecule has 0 saturated heterocycles. The van der Waals surface area contributed by atoms with Gasteiger partial charge in [0.1, 0.15) is 6.04 Å². The zero-order chi connectivity index (χ0) is 13.0. The first kappa shape index (κ1) is 12.9. The second-order valence-corrected chi connectivity index (χ2v) is 3.34. The van der Waals surface area contributed by atoms with Crippen molar-refractivity contribution in [3.05, 3.63) is 33.9 Å². The van der Waals surface area contributed by atoms with Crippen LogP contribution in [0.4, 0.5) is 0 Å². The molecule has 1 atom stereocenters. The highest BCUT2D eigenvalue weighted by Crippen LogP contribution is 2.05. The maximum Gasteiger partial charge on any atom is 0.371 e. The Morgan fingerprint density at radius 3 is 2.53 bits per heavy atom. The molecular formula is C10H11NO6. The van der Waals surface area contributed by atoms with Crippen LogP contribution in [0.3, 0.4) is 0 Å². The number of aliphatic carboxylic acids is 1. The van der Waals surface area contributed by atoms with Crippen LogP contribution in [0.15, 0.2) is 21.3 Å². The van der Waals surface area contributed by atoms with Gasteiger partial charge in [-0.25, -0.2) is 9.59 Å². The first-order chi connectivity index (χ1) is 7.93. The van der Waals surface area contributed by atoms with Crippen molar-refractivity contribution in [2.24, 2.45) is 0 Å². The van der Waals surface area contributed by atoms with Gasteiger partial charge >= 0.3 is 17.6 Å². The Morgan fingerprint density at radius 2 is 2.06 bits per heavy atom. The van der Waals surface area contributed by atoms with E-state index in [1.165, 1.54) is 7.05 Å². The van der Waals surface area contributed by atoms with Crippen LogP contribution in [0, 0.1) is 0 Å². The molecule has 0 spiro atoms. The van der Waals surface area contributed by atoms with Gasteiger partial charge in [0.2, 0.25) is 5.76 Å². The number of likely N-dealkylation sites (N-methyl/N-ethyl adjacent to an activating group) is 1. The first-order valence-corrected chi connectivity index (χ1v) is 4.71. The van der Waals surface area contributed by atoms with Gasteiger partial charge in [-0.1, -0.05) is 0 Å². The topological polar surface area (TPSA) is 117 Å². The zero-order valence-electron chi connectivity index (χ0n) is 8.97. The predicted molar refractivity (Wildman–Crippen MR) is 56.1 cm³/mol. The van der Waals surface area contributed by atoms with Crippen molar-refractivity contribution in [1.29, 1.82) is 0 Å². The molecule has 1 aromatic heterocycles. The molecule has 92 valence electrons. The largest absolute Gasteiger partial charge is 0.480 e. The molecule has 0 fully saturated rings. The Bertz CT molecular complexity index is 492. The van der Waals surface area contributed by atoms with Gasteiger partial charge in [0.05, 0.1) is 0 Å². The van der Waals surface area contributed by atoms with Crippen LogP contribution in [0.1, 0.15) is 16.1 Å². The Morgan fingerprint density at radius 1 is 1.41 bits per heavy atom. The molecule has 0 aliphatic rings. The molecule has 1 unspecified atom stereocenters. The minimum absolute atomic E-state index is 0.00227. The van der Waals surface area contributed by atoms with E-state index in [0.29, 0.717) is 5.56 Å². The van der Waals surface area contributed by atoms with Crippen LogP contribution < -0.4 is 10.9 Å². The van der Waals surface area contributed by atoms with Crippen LogP contribution in [0.25, 0.3) is 0 Å². The van der Waals surface area contributed by atoms with E-state index in [-0.39, 0.29) is 6.42 Å². The number of carboxylic acids is 2. The van der Waals surface area contributed by atoms with Gasteiger partial charge in [-0.15, -0.1) is 0 Å². The molecule has 0 aromatic carbocycles. The zero-order valence-corrected chi connectivity index (χ0v) is 8.97. The second-order valence-electron chi connectivity index (χ2n) is 3.34. The SMILES string of the molecule is CNC(Cc1cc(C(=O)O)oc(=O)c1)C(=O)O. The van der Waals surface area contributed by atoms with Crippen molar-refractivity contribution in [2.45, 2.75) is 12.5 Å². The third-order valence-corrected chi connectivity index (χ3v) is 2.13. The highest BCUT2D eigenvalue weighted by Gasteiger charge is 2.17. The summed E-state index contributed by atoms with van der Waals surface area (Å²) in [5, 5.41) is 20.0. The fraction of sp³-hybridized carbons (Fsp3) is 0.300. The fourth-order valence-electron chi connectivity index (χ4n) is 1.30. The van der Waals surface area contributed by atoms with Crippen LogP contribution in [0.5, 0.6) is 0 Å². The summed E-state index contributed by atoms with van der Waals surface area (Å²) in [7, 11) is 1.46. The van der Waals surface area contributed by atoms with E-state index in [9.17, 15) is 14.4 Å². The molecule has 1 aromatic rings. The summed E-state index contributed by atoms with van der Waals surface area (Å²) >= 11 is 0. The molecule has 0 amide bonds. The average molecular weight is 241 g/mol. The maximum absolute atomic E-state index is 11.1. The van der Waals surface area contributed by atoms with E-state index in [2.05, 4.69) is 9.73 Å². The van der Waals surface area contributed by atoms with Gasteiger partial charge < -0.3 is 19.9 Å². The summed E-state index contributed by atoms with van der Waals surface area (Å²) < 4.78 is 4.43. The van der Waals surface area contributed by atoms with Gasteiger partial charge in [-0.3, -0.25) is 4.79 Å². The minimum atomic E-state index is -1.37. The smallest absolute Gasteiger partial charge is 0.371 e. The first-order valence-electron chi connectivity index (χ1n) is 4.71. The minimum Gasteiger partial charge on any atom is -0.480 e. The molecule has 1 rings (SSSR count). The van der Waals surface area contributed by atoms with Gasteiger partial charge in [-0.2, -0.15) is 0 Å². The van der Waals surface area contributed by atoms with Crippen LogP contribution in [-0.4, -0.2) is 35.2 Å². The number of rotatable bonds is 5. The quantitative estimate of drug-likeness (QED) is 0.639. The van der Waals surface area contributed by atoms with Gasteiger partial charge in [-0.05, 0) is 25.1 Å². The monoisotopic (exact) mass is 241 g/mol. The summed E-state index contributed by atoms with van der Waals surface area (Å²) in [4.78, 5) is 32.4. The summed E-state index contributed by atoms with van der Waals surface area (Å²) in [6, 6.07) is 1.31. The number of aromatic carboxylic acids is 1. The van der Waals surface area contributed by atoms with Gasteiger partial charge in [0.25, 0.3) is 0 Å². The number of hydrogen-bond acceptors (Lipinski definition) is 5. The van der Waals surface area contributed by atoms with E-state index < -0.39 is 29.4 Å². The molecule has 0 saturated carbocycles. The molecule has 3 N–H and O–H groups in total. The van der Waals surface area contributed by atoms with Crippen LogP contribution in [-0.2, 0) is 11.2 Å². The molecule has 1 heterocycles. The molecule has 0 aliphatic heterocycles. The summed E-state index contributed by atoms with van der Waals surface area (Å²) in [5.74, 6) is -2.97. The number of nitrogens with one attached hydrogen (secondary N) is 1. The molecule has 7 heteroatoms. The van der Waals surface area contributed by atoms with E-state index in [0.717, 1.165) is 12.1 Å². The van der Waals surface area contributed by atoms with Crippen molar-refractivity contribution in [3.63, 3.8) is 0 Å². The lowest BCUT2D eigenvalue weighted by molar-refractivity contribution is -0.139. The van der Waals surface area contributed by atoms with Crippen molar-refractivity contribution >= 4 is 11.9 Å². The third kappa shape index (κ3) is 3.42. The molecule has 7 nitrogen and oxygen atoms in total. The number of carbonyl (C=O) groups is 2. The highest BCUT2D eigenvalue weighted by atomic mass is 16.4. The average Bonchev–Trinajstić information content (AvgIpc) is 2.24. The van der Waals surface area contributed by atoms with Crippen LogP contribution in [0.2, 0.25) is 0 Å². The Labute approximate surface area is 95.7 Å². The molecule has 17 heavy (non-hydrogen) atoms. The normalized spacial score (nSPS) is 12.1.